The highest BCUT2D eigenvalue weighted by Crippen LogP contribution is 2.41. The fraction of sp³-hybridized carbons (Fsp3) is 0.235. The summed E-state index contributed by atoms with van der Waals surface area (Å²) in [6.07, 6.45) is -0.653. The van der Waals surface area contributed by atoms with Crippen LogP contribution in [0.25, 0.3) is 22.3 Å². The van der Waals surface area contributed by atoms with E-state index in [0.29, 0.717) is 6.07 Å². The van der Waals surface area contributed by atoms with E-state index in [-0.39, 0.29) is 46.8 Å². The first-order valence-corrected chi connectivity index (χ1v) is 14.4. The van der Waals surface area contributed by atoms with E-state index in [1.165, 1.54) is 22.8 Å². The topological polar surface area (TPSA) is 110 Å². The number of carboxylic acids is 1. The van der Waals surface area contributed by atoms with Crippen LogP contribution in [-0.2, 0) is 17.8 Å². The number of benzene rings is 3. The molecule has 0 aliphatic carbocycles. The maximum absolute atomic E-state index is 15.7. The average molecular weight is 667 g/mol. The van der Waals surface area contributed by atoms with E-state index in [9.17, 15) is 18.7 Å². The van der Waals surface area contributed by atoms with E-state index in [0.717, 1.165) is 24.3 Å². The van der Waals surface area contributed by atoms with Crippen molar-refractivity contribution in [3.63, 3.8) is 0 Å². The summed E-state index contributed by atoms with van der Waals surface area (Å²) in [5, 5.41) is 18.4. The fourth-order valence-electron chi connectivity index (χ4n) is 5.67. The monoisotopic (exact) mass is 666 g/mol. The minimum absolute atomic E-state index is 0.0362. The zero-order valence-corrected chi connectivity index (χ0v) is 25.3. The molecule has 3 aromatic carbocycles. The number of fused-ring (bicyclic) bond motifs is 1. The zero-order chi connectivity index (χ0) is 34.5. The number of nitrogens with zero attached hydrogens (tertiary/aromatic N) is 4. The molecular weight excluding hydrogens is 642 g/mol. The lowest BCUT2D eigenvalue weighted by Crippen LogP contribution is -2.27. The lowest BCUT2D eigenvalue weighted by Gasteiger charge is -2.28. The van der Waals surface area contributed by atoms with Gasteiger partial charge in [0, 0.05) is 28.5 Å². The van der Waals surface area contributed by atoms with Crippen molar-refractivity contribution in [3.05, 3.63) is 112 Å². The Morgan fingerprint density at radius 1 is 1.00 bits per heavy atom. The molecule has 0 amide bonds. The zero-order valence-electron chi connectivity index (χ0n) is 25.3. The maximum Gasteiger partial charge on any atom is 0.335 e. The van der Waals surface area contributed by atoms with E-state index in [4.69, 9.17) is 14.7 Å². The number of imidazole rings is 1. The van der Waals surface area contributed by atoms with Gasteiger partial charge in [-0.25, -0.2) is 41.1 Å². The Labute approximate surface area is 268 Å². The van der Waals surface area contributed by atoms with Gasteiger partial charge in [-0.2, -0.15) is 5.26 Å². The molecule has 48 heavy (non-hydrogen) atoms. The van der Waals surface area contributed by atoms with Gasteiger partial charge in [-0.1, -0.05) is 19.9 Å². The van der Waals surface area contributed by atoms with Crippen LogP contribution in [0, 0.1) is 51.6 Å². The van der Waals surface area contributed by atoms with Crippen LogP contribution in [0.5, 0.6) is 5.88 Å². The van der Waals surface area contributed by atoms with Crippen molar-refractivity contribution >= 4 is 17.0 Å². The Morgan fingerprint density at radius 2 is 1.77 bits per heavy atom. The van der Waals surface area contributed by atoms with Crippen LogP contribution in [0.15, 0.2) is 48.5 Å². The van der Waals surface area contributed by atoms with Crippen LogP contribution >= 0.6 is 0 Å². The number of nitriles is 1. The Hall–Kier alpha value is -5.42. The maximum atomic E-state index is 15.7. The largest absolute Gasteiger partial charge is 0.478 e. The Morgan fingerprint density at radius 3 is 2.44 bits per heavy atom. The van der Waals surface area contributed by atoms with Gasteiger partial charge in [-0.15, -0.1) is 0 Å². The van der Waals surface area contributed by atoms with Crippen LogP contribution in [0.4, 0.5) is 26.3 Å². The Balaban J connectivity index is 1.37. The highest BCUT2D eigenvalue weighted by molar-refractivity contribution is 5.93. The second-order valence-electron chi connectivity index (χ2n) is 11.9. The Kier molecular flexibility index (Phi) is 8.34. The third-order valence-electron chi connectivity index (χ3n) is 8.26. The van der Waals surface area contributed by atoms with Gasteiger partial charge in [0.25, 0.3) is 5.88 Å². The van der Waals surface area contributed by atoms with Crippen molar-refractivity contribution in [2.45, 2.75) is 32.9 Å². The van der Waals surface area contributed by atoms with Crippen molar-refractivity contribution in [3.8, 4) is 23.2 Å². The number of carbonyl (C=O) groups is 1. The van der Waals surface area contributed by atoms with Crippen molar-refractivity contribution in [2.24, 2.45) is 5.41 Å². The van der Waals surface area contributed by atoms with Gasteiger partial charge < -0.3 is 19.1 Å². The van der Waals surface area contributed by atoms with Crippen molar-refractivity contribution in [1.82, 2.24) is 14.5 Å². The average Bonchev–Trinajstić information content (AvgIpc) is 3.59. The van der Waals surface area contributed by atoms with E-state index >= 15 is 17.6 Å². The smallest absolute Gasteiger partial charge is 0.335 e. The van der Waals surface area contributed by atoms with Gasteiger partial charge in [0.1, 0.15) is 29.6 Å². The number of halogens is 6. The molecular formula is C34H24F6N4O4. The molecule has 8 nitrogen and oxygen atoms in total. The van der Waals surface area contributed by atoms with Crippen molar-refractivity contribution in [1.29, 1.82) is 5.26 Å². The number of hydrogen-bond acceptors (Lipinski definition) is 6. The van der Waals surface area contributed by atoms with Crippen LogP contribution < -0.4 is 4.74 Å². The highest BCUT2D eigenvalue weighted by atomic mass is 19.2. The number of rotatable bonds is 8. The van der Waals surface area contributed by atoms with Crippen molar-refractivity contribution in [2.75, 3.05) is 13.2 Å². The molecule has 0 saturated carbocycles. The third-order valence-corrected chi connectivity index (χ3v) is 8.26. The molecule has 1 N–H and O–H groups in total. The van der Waals surface area contributed by atoms with Gasteiger partial charge in [0.05, 0.1) is 47.7 Å². The number of aromatic nitrogens is 3. The summed E-state index contributed by atoms with van der Waals surface area (Å²) in [7, 11) is 0. The SMILES string of the molecule is CC1(C)COCC1n1c(Cc2c(F)cc(-c3ccc(F)c(OCc4ccc(C#N)cc4F)n3)c(F)c2F)nc2c(F)cc(C(=O)O)cc21. The molecule has 1 saturated heterocycles. The molecule has 3 heterocycles. The quantitative estimate of drug-likeness (QED) is 0.137. The third kappa shape index (κ3) is 5.81. The van der Waals surface area contributed by atoms with Gasteiger partial charge in [-0.3, -0.25) is 0 Å². The first kappa shape index (κ1) is 32.5. The summed E-state index contributed by atoms with van der Waals surface area (Å²) >= 11 is 0. The minimum Gasteiger partial charge on any atom is -0.478 e. The summed E-state index contributed by atoms with van der Waals surface area (Å²) in [6.45, 7) is 3.57. The molecule has 1 atom stereocenters. The predicted molar refractivity (Wildman–Crippen MR) is 158 cm³/mol. The van der Waals surface area contributed by atoms with Crippen LogP contribution in [0.2, 0.25) is 0 Å². The van der Waals surface area contributed by atoms with Crippen LogP contribution in [0.1, 0.15) is 52.8 Å². The second kappa shape index (κ2) is 12.3. The number of aromatic carboxylic acids is 1. The molecule has 246 valence electrons. The lowest BCUT2D eigenvalue weighted by atomic mass is 9.87. The Bertz CT molecular complexity index is 2160. The molecule has 2 aromatic heterocycles. The summed E-state index contributed by atoms with van der Waals surface area (Å²) < 4.78 is 103. The van der Waals surface area contributed by atoms with Crippen LogP contribution in [0.3, 0.4) is 0 Å². The molecule has 1 aliphatic rings. The number of pyridine rings is 1. The van der Waals surface area contributed by atoms with Gasteiger partial charge in [-0.05, 0) is 42.5 Å². The summed E-state index contributed by atoms with van der Waals surface area (Å²) in [5.41, 5.74) is -2.91. The molecule has 1 fully saturated rings. The van der Waals surface area contributed by atoms with E-state index < -0.39 is 88.1 Å². The van der Waals surface area contributed by atoms with Gasteiger partial charge in [0.2, 0.25) is 0 Å². The van der Waals surface area contributed by atoms with E-state index in [1.807, 2.05) is 13.8 Å². The normalized spacial score (nSPS) is 15.5. The molecule has 14 heteroatoms. The van der Waals surface area contributed by atoms with E-state index in [1.54, 1.807) is 6.07 Å². The lowest BCUT2D eigenvalue weighted by molar-refractivity contribution is 0.0696. The number of ether oxygens (including phenoxy) is 2. The van der Waals surface area contributed by atoms with E-state index in [2.05, 4.69) is 9.97 Å². The molecule has 0 radical (unpaired) electrons. The molecule has 1 aliphatic heterocycles. The first-order chi connectivity index (χ1) is 22.8. The number of hydrogen-bond donors (Lipinski definition) is 1. The second-order valence-corrected chi connectivity index (χ2v) is 11.9. The van der Waals surface area contributed by atoms with Crippen molar-refractivity contribution < 1.29 is 45.7 Å². The number of carboxylic acid groups (broad SMARTS) is 1. The molecule has 0 spiro atoms. The standard InChI is InChI=1S/C34H24F6N4O4/c1-34(2)15-47-14-27(34)44-26-9-18(33(45)46)8-24(38)31(26)43-28(44)11-19-23(37)10-20(30(40)29(19)39)25-6-5-21(35)32(42-25)48-13-17-4-3-16(12-41)7-22(17)36/h3-10,27H,11,13-15H2,1-2H3,(H,45,46). The molecule has 0 bridgehead atoms. The molecule has 5 aromatic rings. The van der Waals surface area contributed by atoms with Gasteiger partial charge in [0.15, 0.2) is 23.3 Å². The fourth-order valence-corrected chi connectivity index (χ4v) is 5.67. The summed E-state index contributed by atoms with van der Waals surface area (Å²) in [5.74, 6) is -9.28. The highest BCUT2D eigenvalue weighted by Gasteiger charge is 2.40. The van der Waals surface area contributed by atoms with Gasteiger partial charge >= 0.3 is 5.97 Å². The summed E-state index contributed by atoms with van der Waals surface area (Å²) in [6, 6.07) is 9.24. The summed E-state index contributed by atoms with van der Waals surface area (Å²) in [4.78, 5) is 19.8. The molecule has 6 rings (SSSR count). The minimum atomic E-state index is -1.61. The first-order valence-electron chi connectivity index (χ1n) is 14.4. The predicted octanol–water partition coefficient (Wildman–Crippen LogP) is 7.27. The van der Waals surface area contributed by atoms with Crippen LogP contribution in [-0.4, -0.2) is 38.8 Å². The molecule has 1 unspecified atom stereocenters.